The molecule has 5 heteroatoms. The van der Waals surface area contributed by atoms with E-state index in [0.717, 1.165) is 77.4 Å². The molecule has 2 aromatic rings. The average Bonchev–Trinajstić information content (AvgIpc) is 3.63. The van der Waals surface area contributed by atoms with Gasteiger partial charge in [0.25, 0.3) is 0 Å². The molecule has 0 aromatic heterocycles. The molecular weight excluding hydrogens is 446 g/mol. The van der Waals surface area contributed by atoms with E-state index < -0.39 is 5.60 Å². The van der Waals surface area contributed by atoms with Gasteiger partial charge in [0.2, 0.25) is 0 Å². The molecule has 3 unspecified atom stereocenters. The van der Waals surface area contributed by atoms with Gasteiger partial charge in [0.05, 0.1) is 5.60 Å². The Hall–Kier alpha value is -2.08. The van der Waals surface area contributed by atoms with Crippen molar-refractivity contribution in [3.63, 3.8) is 0 Å². The third kappa shape index (κ3) is 4.13. The summed E-state index contributed by atoms with van der Waals surface area (Å²) in [6.07, 6.45) is 6.49. The molecular formula is C31H43N3O2. The second-order valence-corrected chi connectivity index (χ2v) is 12.1. The molecule has 3 fully saturated rings. The molecule has 3 aliphatic heterocycles. The number of aliphatic hydroxyl groups is 1. The van der Waals surface area contributed by atoms with Gasteiger partial charge < -0.3 is 20.0 Å². The molecule has 36 heavy (non-hydrogen) atoms. The summed E-state index contributed by atoms with van der Waals surface area (Å²) in [6, 6.07) is 14.7. The highest BCUT2D eigenvalue weighted by atomic mass is 16.3. The number of likely N-dealkylation sites (tertiary alicyclic amines) is 2. The highest BCUT2D eigenvalue weighted by Crippen LogP contribution is 2.53. The highest BCUT2D eigenvalue weighted by molar-refractivity contribution is 5.57. The van der Waals surface area contributed by atoms with Crippen LogP contribution in [0.5, 0.6) is 5.75 Å². The second-order valence-electron chi connectivity index (χ2n) is 12.1. The Morgan fingerprint density at radius 2 is 1.72 bits per heavy atom. The number of aryl methyl sites for hydroxylation is 1. The van der Waals surface area contributed by atoms with Crippen LogP contribution in [0.25, 0.3) is 0 Å². The summed E-state index contributed by atoms with van der Waals surface area (Å²) >= 11 is 0. The van der Waals surface area contributed by atoms with Gasteiger partial charge in [-0.15, -0.1) is 0 Å². The van der Waals surface area contributed by atoms with Crippen molar-refractivity contribution < 1.29 is 10.2 Å². The predicted molar refractivity (Wildman–Crippen MR) is 146 cm³/mol. The van der Waals surface area contributed by atoms with E-state index in [1.54, 1.807) is 6.07 Å². The zero-order chi connectivity index (χ0) is 24.9. The minimum atomic E-state index is -0.812. The normalized spacial score (nSPS) is 31.2. The van der Waals surface area contributed by atoms with Crippen LogP contribution in [0.15, 0.2) is 42.5 Å². The Kier molecular flexibility index (Phi) is 6.30. The number of para-hydroxylation sites is 1. The summed E-state index contributed by atoms with van der Waals surface area (Å²) < 4.78 is 0. The molecule has 3 heterocycles. The SMILES string of the molecule is Cc1ccc(O)cc1C12CCN(CCN3CCc4ccccc43)CCC1(O)C(C)N(CC1CC1)CC2. The van der Waals surface area contributed by atoms with Gasteiger partial charge in [0, 0.05) is 49.9 Å². The van der Waals surface area contributed by atoms with Crippen LogP contribution in [0.1, 0.15) is 55.7 Å². The summed E-state index contributed by atoms with van der Waals surface area (Å²) in [5.41, 5.74) is 4.08. The molecule has 2 aromatic carbocycles. The number of rotatable bonds is 6. The highest BCUT2D eigenvalue weighted by Gasteiger charge is 2.59. The number of benzene rings is 2. The first-order chi connectivity index (χ1) is 17.4. The van der Waals surface area contributed by atoms with Gasteiger partial charge in [0.1, 0.15) is 5.75 Å². The lowest BCUT2D eigenvalue weighted by atomic mass is 9.57. The van der Waals surface area contributed by atoms with Gasteiger partial charge in [-0.25, -0.2) is 0 Å². The van der Waals surface area contributed by atoms with E-state index in [4.69, 9.17) is 0 Å². The maximum atomic E-state index is 12.7. The summed E-state index contributed by atoms with van der Waals surface area (Å²) in [5.74, 6) is 1.13. The quantitative estimate of drug-likeness (QED) is 0.633. The maximum Gasteiger partial charge on any atom is 0.115 e. The fourth-order valence-corrected chi connectivity index (χ4v) is 7.66. The van der Waals surface area contributed by atoms with Crippen molar-refractivity contribution in [3.05, 3.63) is 59.2 Å². The summed E-state index contributed by atoms with van der Waals surface area (Å²) in [5, 5.41) is 23.2. The molecule has 2 N–H and O–H groups in total. The minimum Gasteiger partial charge on any atom is -0.508 e. The van der Waals surface area contributed by atoms with Crippen LogP contribution in [0.3, 0.4) is 0 Å². The van der Waals surface area contributed by atoms with Gasteiger partial charge in [-0.2, -0.15) is 0 Å². The Bertz CT molecular complexity index is 1100. The van der Waals surface area contributed by atoms with Gasteiger partial charge in [-0.05, 0) is 106 Å². The maximum absolute atomic E-state index is 12.7. The molecule has 194 valence electrons. The molecule has 4 aliphatic rings. The molecule has 0 amide bonds. The fraction of sp³-hybridized carbons (Fsp3) is 0.613. The van der Waals surface area contributed by atoms with Gasteiger partial charge >= 0.3 is 0 Å². The van der Waals surface area contributed by atoms with E-state index in [9.17, 15) is 10.2 Å². The van der Waals surface area contributed by atoms with Crippen molar-refractivity contribution in [1.29, 1.82) is 0 Å². The van der Waals surface area contributed by atoms with Crippen molar-refractivity contribution in [1.82, 2.24) is 9.80 Å². The van der Waals surface area contributed by atoms with Crippen molar-refractivity contribution in [2.24, 2.45) is 5.92 Å². The van der Waals surface area contributed by atoms with E-state index >= 15 is 0 Å². The summed E-state index contributed by atoms with van der Waals surface area (Å²) in [7, 11) is 0. The lowest BCUT2D eigenvalue weighted by Crippen LogP contribution is -2.68. The average molecular weight is 490 g/mol. The number of aromatic hydroxyl groups is 1. The lowest BCUT2D eigenvalue weighted by Gasteiger charge is -2.58. The first-order valence-corrected chi connectivity index (χ1v) is 14.2. The zero-order valence-corrected chi connectivity index (χ0v) is 22.1. The van der Waals surface area contributed by atoms with E-state index in [1.165, 1.54) is 35.2 Å². The zero-order valence-electron chi connectivity index (χ0n) is 22.1. The van der Waals surface area contributed by atoms with Crippen LogP contribution in [0.4, 0.5) is 5.69 Å². The summed E-state index contributed by atoms with van der Waals surface area (Å²) in [6.45, 7) is 11.7. The Morgan fingerprint density at radius 1 is 0.944 bits per heavy atom. The van der Waals surface area contributed by atoms with Crippen LogP contribution >= 0.6 is 0 Å². The van der Waals surface area contributed by atoms with Crippen molar-refractivity contribution in [2.75, 3.05) is 50.7 Å². The number of piperidine rings is 1. The van der Waals surface area contributed by atoms with Crippen LogP contribution < -0.4 is 4.90 Å². The third-order valence-corrected chi connectivity index (χ3v) is 10.2. The van der Waals surface area contributed by atoms with Crippen LogP contribution in [0.2, 0.25) is 0 Å². The first-order valence-electron chi connectivity index (χ1n) is 14.2. The fourth-order valence-electron chi connectivity index (χ4n) is 7.66. The topological polar surface area (TPSA) is 50.2 Å². The molecule has 1 aliphatic carbocycles. The third-order valence-electron chi connectivity index (χ3n) is 10.2. The number of phenols is 1. The number of nitrogens with zero attached hydrogens (tertiary/aromatic N) is 3. The molecule has 1 saturated carbocycles. The Balaban J connectivity index is 1.26. The standard InChI is InChI=1S/C31H43N3O2/c1-23-7-10-27(35)21-28(23)30-12-16-32(19-20-33-15-11-26-5-3-4-6-29(26)33)17-14-31(30,36)24(2)34(18-13-30)22-25-8-9-25/h3-7,10,21,24-25,35-36H,8-9,11-20,22H2,1-2H3. The molecule has 0 radical (unpaired) electrons. The minimum absolute atomic E-state index is 0.110. The van der Waals surface area contributed by atoms with Gasteiger partial charge in [-0.3, -0.25) is 4.90 Å². The first kappa shape index (κ1) is 24.3. The van der Waals surface area contributed by atoms with Crippen molar-refractivity contribution in [2.45, 2.75) is 69.4 Å². The van der Waals surface area contributed by atoms with Crippen LogP contribution in [-0.2, 0) is 11.8 Å². The monoisotopic (exact) mass is 489 g/mol. The van der Waals surface area contributed by atoms with E-state index in [1.807, 2.05) is 12.1 Å². The summed E-state index contributed by atoms with van der Waals surface area (Å²) in [4.78, 5) is 7.71. The number of fused-ring (bicyclic) bond motifs is 2. The number of hydrogen-bond acceptors (Lipinski definition) is 5. The second kappa shape index (κ2) is 9.34. The lowest BCUT2D eigenvalue weighted by molar-refractivity contribution is -0.136. The number of hydrogen-bond donors (Lipinski definition) is 2. The van der Waals surface area contributed by atoms with Gasteiger partial charge in [0.15, 0.2) is 0 Å². The van der Waals surface area contributed by atoms with Crippen molar-refractivity contribution in [3.8, 4) is 5.75 Å². The van der Waals surface area contributed by atoms with E-state index in [0.29, 0.717) is 5.75 Å². The molecule has 0 spiro atoms. The van der Waals surface area contributed by atoms with E-state index in [2.05, 4.69) is 52.8 Å². The molecule has 6 rings (SSSR count). The van der Waals surface area contributed by atoms with Crippen LogP contribution in [0, 0.1) is 12.8 Å². The molecule has 2 saturated heterocycles. The number of anilines is 1. The molecule has 5 nitrogen and oxygen atoms in total. The predicted octanol–water partition coefficient (Wildman–Crippen LogP) is 4.33. The van der Waals surface area contributed by atoms with Crippen LogP contribution in [-0.4, -0.2) is 77.5 Å². The molecule has 3 atom stereocenters. The number of phenolic OH excluding ortho intramolecular Hbond substituents is 1. The Labute approximate surface area is 216 Å². The van der Waals surface area contributed by atoms with Gasteiger partial charge in [-0.1, -0.05) is 24.3 Å². The van der Waals surface area contributed by atoms with E-state index in [-0.39, 0.29) is 11.5 Å². The largest absolute Gasteiger partial charge is 0.508 e. The van der Waals surface area contributed by atoms with Crippen molar-refractivity contribution >= 4 is 5.69 Å². The molecule has 0 bridgehead atoms. The smallest absolute Gasteiger partial charge is 0.115 e. The Morgan fingerprint density at radius 3 is 2.56 bits per heavy atom.